The number of hydrogen-bond donors (Lipinski definition) is 0. The number of nitrogens with zero attached hydrogens (tertiary/aromatic N) is 7. The van der Waals surface area contributed by atoms with Crippen LogP contribution in [0.5, 0.6) is 0 Å². The Kier molecular flexibility index (Phi) is 8.25. The number of pyridine rings is 1. The van der Waals surface area contributed by atoms with Gasteiger partial charge in [0.15, 0.2) is 23.3 Å². The van der Waals surface area contributed by atoms with Crippen molar-refractivity contribution in [3.05, 3.63) is 69.0 Å². The highest BCUT2D eigenvalue weighted by atomic mass is 35.5. The van der Waals surface area contributed by atoms with E-state index in [0.717, 1.165) is 48.1 Å². The van der Waals surface area contributed by atoms with Gasteiger partial charge in [-0.1, -0.05) is 24.6 Å². The van der Waals surface area contributed by atoms with Gasteiger partial charge in [-0.15, -0.1) is 5.10 Å². The molecule has 3 aliphatic rings. The minimum atomic E-state index is -1.49. The summed E-state index contributed by atoms with van der Waals surface area (Å²) in [5.41, 5.74) is 2.55. The van der Waals surface area contributed by atoms with E-state index in [9.17, 15) is 13.6 Å². The Bertz CT molecular complexity index is 1610. The van der Waals surface area contributed by atoms with Crippen LogP contribution in [-0.2, 0) is 17.3 Å². The molecule has 45 heavy (non-hydrogen) atoms. The van der Waals surface area contributed by atoms with Gasteiger partial charge in [-0.05, 0) is 99.5 Å². The second kappa shape index (κ2) is 11.6. The Hall–Kier alpha value is -3.05. The first-order chi connectivity index (χ1) is 21.2. The smallest absolute Gasteiger partial charge is 0.226 e. The maximum atomic E-state index is 15.2. The normalized spacial score (nSPS) is 24.2. The molecular formula is C33H41ClF3N7O. The van der Waals surface area contributed by atoms with Crippen LogP contribution in [0, 0.1) is 30.3 Å². The molecule has 1 amide bonds. The lowest BCUT2D eigenvalue weighted by Gasteiger charge is -2.47. The number of tetrazole rings is 1. The molecular weight excluding hydrogens is 603 g/mol. The molecule has 0 bridgehead atoms. The molecule has 1 aromatic carbocycles. The SMILES string of the molecule is Cc1nc2c(cc1Cl)[C@H](C(C)c1nnnn1C)CC21CCN(C(=O)[C@@H]2CCN(C(C)(C)C)C[C@H]2c2ccc(F)c(F)c2F)CC1. The zero-order valence-electron chi connectivity index (χ0n) is 26.7. The van der Waals surface area contributed by atoms with E-state index in [1.54, 1.807) is 4.68 Å². The van der Waals surface area contributed by atoms with E-state index < -0.39 is 29.3 Å². The van der Waals surface area contributed by atoms with Gasteiger partial charge in [0.05, 0.1) is 16.4 Å². The van der Waals surface area contributed by atoms with Crippen LogP contribution in [0.1, 0.15) is 99.5 Å². The summed E-state index contributed by atoms with van der Waals surface area (Å²) in [5.74, 6) is -4.17. The zero-order chi connectivity index (χ0) is 32.4. The molecule has 4 atom stereocenters. The molecule has 0 saturated carbocycles. The molecule has 1 spiro atoms. The lowest BCUT2D eigenvalue weighted by Crippen LogP contribution is -2.54. The van der Waals surface area contributed by atoms with Crippen LogP contribution in [0.2, 0.25) is 5.02 Å². The van der Waals surface area contributed by atoms with Gasteiger partial charge in [0, 0.05) is 55.4 Å². The first kappa shape index (κ1) is 31.9. The number of aromatic nitrogens is 5. The topological polar surface area (TPSA) is 80.0 Å². The number of likely N-dealkylation sites (tertiary alicyclic amines) is 2. The molecule has 8 nitrogen and oxygen atoms in total. The summed E-state index contributed by atoms with van der Waals surface area (Å²) in [4.78, 5) is 23.3. The van der Waals surface area contributed by atoms with Gasteiger partial charge in [-0.25, -0.2) is 17.9 Å². The fourth-order valence-corrected chi connectivity index (χ4v) is 8.17. The maximum Gasteiger partial charge on any atom is 0.226 e. The molecule has 4 heterocycles. The minimum absolute atomic E-state index is 0.0307. The van der Waals surface area contributed by atoms with Crippen molar-refractivity contribution < 1.29 is 18.0 Å². The first-order valence-electron chi connectivity index (χ1n) is 15.8. The third-order valence-corrected chi connectivity index (χ3v) is 11.1. The Labute approximate surface area is 267 Å². The van der Waals surface area contributed by atoms with Gasteiger partial charge in [0.1, 0.15) is 0 Å². The van der Waals surface area contributed by atoms with Gasteiger partial charge in [0.2, 0.25) is 5.91 Å². The molecule has 6 rings (SSSR count). The monoisotopic (exact) mass is 643 g/mol. The van der Waals surface area contributed by atoms with Crippen molar-refractivity contribution >= 4 is 17.5 Å². The number of amides is 1. The van der Waals surface area contributed by atoms with E-state index >= 15 is 4.39 Å². The number of carbonyl (C=O) groups is 1. The van der Waals surface area contributed by atoms with Crippen molar-refractivity contribution in [3.63, 3.8) is 0 Å². The number of halogens is 4. The first-order valence-corrected chi connectivity index (χ1v) is 16.2. The molecule has 0 N–H and O–H groups in total. The fourth-order valence-electron chi connectivity index (χ4n) is 8.01. The highest BCUT2D eigenvalue weighted by Gasteiger charge is 2.51. The van der Waals surface area contributed by atoms with E-state index in [1.165, 1.54) is 6.07 Å². The largest absolute Gasteiger partial charge is 0.342 e. The van der Waals surface area contributed by atoms with Crippen molar-refractivity contribution in [2.75, 3.05) is 26.2 Å². The quantitative estimate of drug-likeness (QED) is 0.323. The average molecular weight is 644 g/mol. The third kappa shape index (κ3) is 5.53. The number of fused-ring (bicyclic) bond motifs is 2. The molecule has 2 saturated heterocycles. The molecule has 2 aliphatic heterocycles. The molecule has 3 aromatic rings. The van der Waals surface area contributed by atoms with Crippen molar-refractivity contribution in [2.24, 2.45) is 13.0 Å². The van der Waals surface area contributed by atoms with Crippen LogP contribution >= 0.6 is 11.6 Å². The summed E-state index contributed by atoms with van der Waals surface area (Å²) in [6.07, 6.45) is 2.81. The fraction of sp³-hybridized carbons (Fsp3) is 0.606. The van der Waals surface area contributed by atoms with E-state index in [2.05, 4.69) is 48.1 Å². The van der Waals surface area contributed by atoms with Crippen LogP contribution in [-0.4, -0.2) is 72.6 Å². The van der Waals surface area contributed by atoms with Crippen LogP contribution in [0.4, 0.5) is 13.2 Å². The number of piperidine rings is 2. The Balaban J connectivity index is 1.26. The van der Waals surface area contributed by atoms with E-state index in [1.807, 2.05) is 24.9 Å². The highest BCUT2D eigenvalue weighted by Crippen LogP contribution is 2.55. The molecule has 2 fully saturated rings. The van der Waals surface area contributed by atoms with Gasteiger partial charge < -0.3 is 4.90 Å². The standard InChI is InChI=1S/C33H41ClF3N7O/c1-18(30-39-40-41-42(30)6)23-16-33(29-22(23)15-25(34)19(2)38-29)10-13-43(14-11-33)31(45)21-9-12-44(32(3,4)5)17-24(21)20-7-8-26(35)28(37)27(20)36/h7-8,15,18,21,23-24H,9-14,16-17H2,1-6H3/t18?,21-,23+,24+/m1/s1. The van der Waals surface area contributed by atoms with Gasteiger partial charge in [-0.3, -0.25) is 14.7 Å². The lowest BCUT2D eigenvalue weighted by molar-refractivity contribution is -0.140. The molecule has 1 aliphatic carbocycles. The van der Waals surface area contributed by atoms with Crippen molar-refractivity contribution in [1.29, 1.82) is 0 Å². The number of hydrogen-bond acceptors (Lipinski definition) is 6. The third-order valence-electron chi connectivity index (χ3n) is 10.7. The maximum absolute atomic E-state index is 15.2. The summed E-state index contributed by atoms with van der Waals surface area (Å²) in [5, 5.41) is 12.8. The molecule has 1 unspecified atom stereocenters. The summed E-state index contributed by atoms with van der Waals surface area (Å²) in [6.45, 7) is 12.3. The van der Waals surface area contributed by atoms with Crippen molar-refractivity contribution in [2.45, 2.75) is 89.0 Å². The summed E-state index contributed by atoms with van der Waals surface area (Å²) >= 11 is 6.59. The van der Waals surface area contributed by atoms with Crippen molar-refractivity contribution in [1.82, 2.24) is 35.0 Å². The summed E-state index contributed by atoms with van der Waals surface area (Å²) < 4.78 is 45.2. The molecule has 242 valence electrons. The number of benzene rings is 1. The molecule has 0 radical (unpaired) electrons. The van der Waals surface area contributed by atoms with Gasteiger partial charge in [0.25, 0.3) is 0 Å². The highest BCUT2D eigenvalue weighted by molar-refractivity contribution is 6.31. The van der Waals surface area contributed by atoms with Gasteiger partial charge in [-0.2, -0.15) is 0 Å². The number of rotatable bonds is 4. The summed E-state index contributed by atoms with van der Waals surface area (Å²) in [7, 11) is 1.84. The predicted molar refractivity (Wildman–Crippen MR) is 165 cm³/mol. The molecule has 2 aromatic heterocycles. The average Bonchev–Trinajstić information content (AvgIpc) is 3.56. The summed E-state index contributed by atoms with van der Waals surface area (Å²) in [6, 6.07) is 4.31. The van der Waals surface area contributed by atoms with Crippen LogP contribution < -0.4 is 0 Å². The van der Waals surface area contributed by atoms with E-state index in [4.69, 9.17) is 16.6 Å². The van der Waals surface area contributed by atoms with E-state index in [-0.39, 0.29) is 34.3 Å². The van der Waals surface area contributed by atoms with Crippen LogP contribution in [0.3, 0.4) is 0 Å². The Morgan fingerprint density at radius 1 is 1.09 bits per heavy atom. The number of aryl methyl sites for hydroxylation is 2. The second-order valence-electron chi connectivity index (χ2n) is 14.2. The zero-order valence-corrected chi connectivity index (χ0v) is 27.5. The second-order valence-corrected chi connectivity index (χ2v) is 14.6. The predicted octanol–water partition coefficient (Wildman–Crippen LogP) is 6.04. The number of carbonyl (C=O) groups excluding carboxylic acids is 1. The minimum Gasteiger partial charge on any atom is -0.342 e. The Morgan fingerprint density at radius 3 is 2.44 bits per heavy atom. The van der Waals surface area contributed by atoms with Gasteiger partial charge >= 0.3 is 0 Å². The van der Waals surface area contributed by atoms with Crippen LogP contribution in [0.15, 0.2) is 18.2 Å². The van der Waals surface area contributed by atoms with Crippen molar-refractivity contribution in [3.8, 4) is 0 Å². The molecule has 12 heteroatoms. The Morgan fingerprint density at radius 2 is 1.80 bits per heavy atom. The van der Waals surface area contributed by atoms with Crippen LogP contribution in [0.25, 0.3) is 0 Å². The lowest BCUT2D eigenvalue weighted by atomic mass is 9.73. The van der Waals surface area contributed by atoms with E-state index in [0.29, 0.717) is 37.6 Å².